The van der Waals surface area contributed by atoms with E-state index in [1.807, 2.05) is 0 Å². The van der Waals surface area contributed by atoms with Crippen LogP contribution in [0.25, 0.3) is 0 Å². The summed E-state index contributed by atoms with van der Waals surface area (Å²) in [4.78, 5) is 14.2. The minimum absolute atomic E-state index is 0.0604. The first kappa shape index (κ1) is 12.7. The van der Waals surface area contributed by atoms with Crippen molar-refractivity contribution >= 4 is 5.91 Å². The molecule has 3 rings (SSSR count). The molecule has 1 saturated carbocycles. The second kappa shape index (κ2) is 4.34. The van der Waals surface area contributed by atoms with Gasteiger partial charge in [-0.2, -0.15) is 0 Å². The summed E-state index contributed by atoms with van der Waals surface area (Å²) < 4.78 is 0. The van der Waals surface area contributed by atoms with Gasteiger partial charge in [0.2, 0.25) is 5.91 Å². The number of hydrogen-bond donors (Lipinski definition) is 1. The molecule has 2 atom stereocenters. The van der Waals surface area contributed by atoms with Crippen LogP contribution in [0.15, 0.2) is 24.3 Å². The van der Waals surface area contributed by atoms with E-state index in [1.165, 1.54) is 11.1 Å². The van der Waals surface area contributed by atoms with Gasteiger partial charge in [0, 0.05) is 6.04 Å². The van der Waals surface area contributed by atoms with E-state index >= 15 is 0 Å². The first-order chi connectivity index (χ1) is 9.03. The first-order valence-corrected chi connectivity index (χ1v) is 7.16. The molecule has 1 N–H and O–H groups in total. The molecule has 1 amide bonds. The standard InChI is InChI=1S/C16H22N2O/c1-4-11-5-7-12(8-6-11)15-17-10-14(19)18(15)13-9-16(13,2)3/h5-8,13,15,17H,4,9-10H2,1-3H3. The van der Waals surface area contributed by atoms with Gasteiger partial charge in [-0.15, -0.1) is 0 Å². The minimum Gasteiger partial charge on any atom is -0.318 e. The Bertz CT molecular complexity index is 492. The van der Waals surface area contributed by atoms with Crippen LogP contribution in [-0.2, 0) is 11.2 Å². The Kier molecular flexibility index (Phi) is 2.90. The number of amides is 1. The van der Waals surface area contributed by atoms with Crippen LogP contribution < -0.4 is 5.32 Å². The van der Waals surface area contributed by atoms with Crippen molar-refractivity contribution < 1.29 is 4.79 Å². The zero-order valence-electron chi connectivity index (χ0n) is 11.9. The Morgan fingerprint density at radius 2 is 1.95 bits per heavy atom. The molecule has 1 saturated heterocycles. The third-order valence-electron chi connectivity index (χ3n) is 4.51. The highest BCUT2D eigenvalue weighted by Crippen LogP contribution is 2.51. The summed E-state index contributed by atoms with van der Waals surface area (Å²) in [6, 6.07) is 9.02. The Morgan fingerprint density at radius 1 is 1.32 bits per heavy atom. The first-order valence-electron chi connectivity index (χ1n) is 7.16. The Balaban J connectivity index is 1.84. The predicted molar refractivity (Wildman–Crippen MR) is 75.6 cm³/mol. The summed E-state index contributed by atoms with van der Waals surface area (Å²) in [5.74, 6) is 0.236. The van der Waals surface area contributed by atoms with Gasteiger partial charge in [-0.3, -0.25) is 10.1 Å². The molecule has 2 fully saturated rings. The van der Waals surface area contributed by atoms with Crippen molar-refractivity contribution in [3.05, 3.63) is 35.4 Å². The Morgan fingerprint density at radius 3 is 2.47 bits per heavy atom. The van der Waals surface area contributed by atoms with Gasteiger partial charge in [-0.05, 0) is 29.4 Å². The van der Waals surface area contributed by atoms with Crippen molar-refractivity contribution in [1.82, 2.24) is 10.2 Å². The SMILES string of the molecule is CCc1ccc(C2NCC(=O)N2C2CC2(C)C)cc1. The van der Waals surface area contributed by atoms with Crippen LogP contribution in [0.1, 0.15) is 44.5 Å². The molecule has 0 aromatic heterocycles. The number of nitrogens with one attached hydrogen (secondary N) is 1. The van der Waals surface area contributed by atoms with Crippen LogP contribution in [0, 0.1) is 5.41 Å². The van der Waals surface area contributed by atoms with E-state index in [9.17, 15) is 4.79 Å². The van der Waals surface area contributed by atoms with Gasteiger partial charge in [0.25, 0.3) is 0 Å². The largest absolute Gasteiger partial charge is 0.318 e. The summed E-state index contributed by atoms with van der Waals surface area (Å²) in [5.41, 5.74) is 2.82. The normalized spacial score (nSPS) is 28.8. The van der Waals surface area contributed by atoms with Gasteiger partial charge in [0.15, 0.2) is 0 Å². The Labute approximate surface area is 115 Å². The van der Waals surface area contributed by atoms with Gasteiger partial charge in [-0.1, -0.05) is 45.0 Å². The number of aryl methyl sites for hydroxylation is 1. The van der Waals surface area contributed by atoms with E-state index in [1.54, 1.807) is 0 Å². The van der Waals surface area contributed by atoms with E-state index in [2.05, 4.69) is 55.3 Å². The van der Waals surface area contributed by atoms with Crippen molar-refractivity contribution in [2.24, 2.45) is 5.41 Å². The van der Waals surface area contributed by atoms with Gasteiger partial charge < -0.3 is 4.90 Å². The third kappa shape index (κ3) is 2.16. The molecule has 0 spiro atoms. The van der Waals surface area contributed by atoms with E-state index < -0.39 is 0 Å². The lowest BCUT2D eigenvalue weighted by Crippen LogP contribution is -2.34. The van der Waals surface area contributed by atoms with Crippen LogP contribution in [0.3, 0.4) is 0 Å². The van der Waals surface area contributed by atoms with Gasteiger partial charge >= 0.3 is 0 Å². The zero-order chi connectivity index (χ0) is 13.6. The number of carbonyl (C=O) groups excluding carboxylic acids is 1. The second-order valence-electron chi connectivity index (χ2n) is 6.39. The van der Waals surface area contributed by atoms with Crippen molar-refractivity contribution in [2.75, 3.05) is 6.54 Å². The zero-order valence-corrected chi connectivity index (χ0v) is 11.9. The predicted octanol–water partition coefficient (Wildman–Crippen LogP) is 2.48. The average molecular weight is 258 g/mol. The van der Waals surface area contributed by atoms with Crippen molar-refractivity contribution in [1.29, 1.82) is 0 Å². The fourth-order valence-electron chi connectivity index (χ4n) is 3.00. The molecular weight excluding hydrogens is 236 g/mol. The molecule has 1 aliphatic carbocycles. The molecule has 102 valence electrons. The van der Waals surface area contributed by atoms with Gasteiger partial charge in [-0.25, -0.2) is 0 Å². The van der Waals surface area contributed by atoms with Crippen LogP contribution in [-0.4, -0.2) is 23.4 Å². The topological polar surface area (TPSA) is 32.3 Å². The van der Waals surface area contributed by atoms with Crippen LogP contribution in [0.5, 0.6) is 0 Å². The van der Waals surface area contributed by atoms with Crippen LogP contribution in [0.2, 0.25) is 0 Å². The molecular formula is C16H22N2O. The summed E-state index contributed by atoms with van der Waals surface area (Å²) in [7, 11) is 0. The number of benzene rings is 1. The Hall–Kier alpha value is -1.35. The lowest BCUT2D eigenvalue weighted by molar-refractivity contribution is -0.129. The monoisotopic (exact) mass is 258 g/mol. The number of carbonyl (C=O) groups is 1. The molecule has 2 aliphatic rings. The molecule has 19 heavy (non-hydrogen) atoms. The highest BCUT2D eigenvalue weighted by Gasteiger charge is 2.54. The van der Waals surface area contributed by atoms with Crippen molar-refractivity contribution in [3.8, 4) is 0 Å². The number of hydrogen-bond acceptors (Lipinski definition) is 2. The summed E-state index contributed by atoms with van der Waals surface area (Å²) >= 11 is 0. The molecule has 0 bridgehead atoms. The summed E-state index contributed by atoms with van der Waals surface area (Å²) in [6.45, 7) is 7.10. The molecule has 3 heteroatoms. The maximum absolute atomic E-state index is 12.1. The molecule has 1 heterocycles. The van der Waals surface area contributed by atoms with Crippen LogP contribution in [0.4, 0.5) is 0 Å². The maximum atomic E-state index is 12.1. The molecule has 1 aromatic rings. The third-order valence-corrected chi connectivity index (χ3v) is 4.51. The molecule has 3 nitrogen and oxygen atoms in total. The summed E-state index contributed by atoms with van der Waals surface area (Å²) in [6.07, 6.45) is 2.23. The average Bonchev–Trinajstić information content (AvgIpc) is 2.85. The lowest BCUT2D eigenvalue weighted by atomic mass is 10.1. The lowest BCUT2D eigenvalue weighted by Gasteiger charge is -2.26. The van der Waals surface area contributed by atoms with E-state index in [4.69, 9.17) is 0 Å². The number of rotatable bonds is 3. The summed E-state index contributed by atoms with van der Waals surface area (Å²) in [5, 5.41) is 3.35. The van der Waals surface area contributed by atoms with E-state index in [0.717, 1.165) is 12.8 Å². The maximum Gasteiger partial charge on any atom is 0.238 e. The highest BCUT2D eigenvalue weighted by molar-refractivity contribution is 5.81. The van der Waals surface area contributed by atoms with Crippen molar-refractivity contribution in [3.63, 3.8) is 0 Å². The smallest absolute Gasteiger partial charge is 0.238 e. The number of nitrogens with zero attached hydrogens (tertiary/aromatic N) is 1. The fraction of sp³-hybridized carbons (Fsp3) is 0.562. The molecule has 1 aliphatic heterocycles. The molecule has 0 radical (unpaired) electrons. The molecule has 1 aromatic carbocycles. The van der Waals surface area contributed by atoms with E-state index in [0.29, 0.717) is 12.6 Å². The highest BCUT2D eigenvalue weighted by atomic mass is 16.2. The molecule has 2 unspecified atom stereocenters. The van der Waals surface area contributed by atoms with Gasteiger partial charge in [0.05, 0.1) is 6.54 Å². The van der Waals surface area contributed by atoms with Gasteiger partial charge in [0.1, 0.15) is 6.17 Å². The van der Waals surface area contributed by atoms with Crippen LogP contribution >= 0.6 is 0 Å². The van der Waals surface area contributed by atoms with Crippen molar-refractivity contribution in [2.45, 2.75) is 45.8 Å². The van der Waals surface area contributed by atoms with E-state index in [-0.39, 0.29) is 17.5 Å². The fourth-order valence-corrected chi connectivity index (χ4v) is 3.00. The quantitative estimate of drug-likeness (QED) is 0.903. The second-order valence-corrected chi connectivity index (χ2v) is 6.39. The minimum atomic E-state index is 0.0604.